The highest BCUT2D eigenvalue weighted by molar-refractivity contribution is 6.19. The first kappa shape index (κ1) is 52.3. The zero-order valence-corrected chi connectivity index (χ0v) is 43.8. The number of fused-ring (bicyclic) bond motifs is 16. The second-order valence-corrected chi connectivity index (χ2v) is 21.9. The van der Waals surface area contributed by atoms with Crippen LogP contribution in [0.5, 0.6) is 17.2 Å². The summed E-state index contributed by atoms with van der Waals surface area (Å²) < 4.78 is 18.7. The number of hydrogen-bond acceptors (Lipinski definition) is 14. The fourth-order valence-corrected chi connectivity index (χ4v) is 11.5. The summed E-state index contributed by atoms with van der Waals surface area (Å²) in [6, 6.07) is 7.91. The molecule has 2 amide bonds. The van der Waals surface area contributed by atoms with Crippen LogP contribution in [-0.4, -0.2) is 115 Å². The first-order valence-electron chi connectivity index (χ1n) is 26.0. The van der Waals surface area contributed by atoms with Gasteiger partial charge in [-0.2, -0.15) is 0 Å². The van der Waals surface area contributed by atoms with Gasteiger partial charge in [0.1, 0.15) is 35.1 Å². The molecule has 1 fully saturated rings. The third-order valence-electron chi connectivity index (χ3n) is 16.0. The minimum atomic E-state index is -1.96. The van der Waals surface area contributed by atoms with Crippen LogP contribution in [0, 0.1) is 36.5 Å². The Bertz CT molecular complexity index is 3150. The third kappa shape index (κ3) is 9.58. The van der Waals surface area contributed by atoms with Crippen molar-refractivity contribution in [1.29, 1.82) is 0 Å². The monoisotopic (exact) mass is 1010 g/mol. The molecular formula is C57H70N6O11. The molecule has 8 atom stereocenters. The second kappa shape index (κ2) is 20.3. The number of aliphatic hydroxyl groups is 2. The summed E-state index contributed by atoms with van der Waals surface area (Å²) in [5.74, 6) is -7.14. The standard InChI is InChI=1S/C57H70N6O11/c1-29(2)27-62-23-20-57(21-24-62)60-45-42-43-50(68)35(8)53-44(42)54(70)56(9,74-53)72-25-13-16-31(4)52(73-41(65)26-40(64)63-22-19-39-37(28-63)36-17-10-11-18-38(36)58-39)34(7)49(67)33(6)48(66)30(3)14-12-15-32(5)55(71)59-47(51(43)69)46(45)61-57/h10-15,17-18,25,29-31,33-34,48-49,52,58,66-69H,16,19-24,26-28H2,1-9H3,(H,59,71)/b14-12+,25-13+,32-15-/t30?,31-,33-,34-,48+,49?,52?,56?/m1/s1. The van der Waals surface area contributed by atoms with Crippen LogP contribution in [0.2, 0.25) is 0 Å². The molecule has 0 aliphatic carbocycles. The molecule has 6 aliphatic rings. The maximum Gasteiger partial charge on any atom is 0.315 e. The van der Waals surface area contributed by atoms with Gasteiger partial charge >= 0.3 is 11.8 Å². The van der Waals surface area contributed by atoms with Crippen molar-refractivity contribution in [1.82, 2.24) is 14.8 Å². The number of aromatic nitrogens is 1. The van der Waals surface area contributed by atoms with E-state index in [1.54, 1.807) is 63.8 Å². The van der Waals surface area contributed by atoms with E-state index in [4.69, 9.17) is 24.2 Å². The molecule has 1 aromatic heterocycles. The summed E-state index contributed by atoms with van der Waals surface area (Å²) in [6.07, 6.45) is 6.04. The van der Waals surface area contributed by atoms with Crippen molar-refractivity contribution in [2.75, 3.05) is 31.5 Å². The van der Waals surface area contributed by atoms with Crippen molar-refractivity contribution < 1.29 is 53.8 Å². The van der Waals surface area contributed by atoms with Crippen molar-refractivity contribution in [3.05, 3.63) is 93.5 Å². The van der Waals surface area contributed by atoms with E-state index in [1.807, 2.05) is 31.2 Å². The number of nitrogens with zero attached hydrogens (tertiary/aromatic N) is 4. The molecule has 4 aromatic rings. The van der Waals surface area contributed by atoms with Crippen LogP contribution in [0.15, 0.2) is 70.4 Å². The molecule has 4 unspecified atom stereocenters. The topological polar surface area (TPSA) is 236 Å². The van der Waals surface area contributed by atoms with E-state index < -0.39 is 83.3 Å². The average Bonchev–Trinajstić information content (AvgIpc) is 4.02. The van der Waals surface area contributed by atoms with E-state index in [1.165, 1.54) is 13.2 Å². The molecule has 1 saturated heterocycles. The number of rotatable bonds is 5. The normalized spacial score (nSPS) is 28.9. The van der Waals surface area contributed by atoms with E-state index in [0.717, 1.165) is 28.7 Å². The molecular weight excluding hydrogens is 945 g/mol. The quantitative estimate of drug-likeness (QED) is 0.0709. The maximum atomic E-state index is 14.9. The fourth-order valence-electron chi connectivity index (χ4n) is 11.5. The number of para-hydroxylation sites is 1. The summed E-state index contributed by atoms with van der Waals surface area (Å²) in [5, 5.41) is 52.0. The molecule has 394 valence electrons. The minimum Gasteiger partial charge on any atom is -0.507 e. The van der Waals surface area contributed by atoms with Crippen LogP contribution < -0.4 is 20.8 Å². The number of carbonyl (C=O) groups is 4. The molecule has 5 bridgehead atoms. The number of aromatic amines is 1. The number of anilines is 1. The van der Waals surface area contributed by atoms with Crippen molar-refractivity contribution in [3.63, 3.8) is 0 Å². The Balaban J connectivity index is 1.05. The predicted molar refractivity (Wildman–Crippen MR) is 278 cm³/mol. The molecule has 0 saturated carbocycles. The number of H-pyrrole nitrogens is 1. The van der Waals surface area contributed by atoms with E-state index in [9.17, 15) is 39.6 Å². The van der Waals surface area contributed by atoms with Crippen molar-refractivity contribution >= 4 is 50.9 Å². The highest BCUT2D eigenvalue weighted by Gasteiger charge is 2.50. The van der Waals surface area contributed by atoms with Crippen LogP contribution in [0.25, 0.3) is 21.7 Å². The van der Waals surface area contributed by atoms with Gasteiger partial charge < -0.3 is 54.7 Å². The molecule has 3 aromatic carbocycles. The number of Topliss-reactive ketones (excluding diaryl/α,β-unsaturated/α-hetero) is 1. The van der Waals surface area contributed by atoms with Crippen LogP contribution in [-0.2, 0) is 36.8 Å². The Kier molecular flexibility index (Phi) is 14.3. The van der Waals surface area contributed by atoms with Gasteiger partial charge in [-0.05, 0) is 44.2 Å². The molecule has 17 heteroatoms. The van der Waals surface area contributed by atoms with Gasteiger partial charge in [-0.25, -0.2) is 0 Å². The largest absolute Gasteiger partial charge is 0.507 e. The molecule has 74 heavy (non-hydrogen) atoms. The highest BCUT2D eigenvalue weighted by atomic mass is 16.7. The number of aliphatic hydroxyl groups excluding tert-OH is 2. The lowest BCUT2D eigenvalue weighted by Gasteiger charge is -2.36. The number of ether oxygens (including phenoxy) is 3. The number of amides is 2. The van der Waals surface area contributed by atoms with E-state index in [2.05, 4.69) is 29.0 Å². The lowest BCUT2D eigenvalue weighted by Crippen LogP contribution is -2.45. The fraction of sp³-hybridized carbons (Fsp3) is 0.509. The number of aromatic hydroxyl groups is 2. The number of nitrogens with one attached hydrogen (secondary N) is 2. The summed E-state index contributed by atoms with van der Waals surface area (Å²) in [7, 11) is 0. The Morgan fingerprint density at radius 2 is 1.66 bits per heavy atom. The Hall–Kier alpha value is -6.56. The summed E-state index contributed by atoms with van der Waals surface area (Å²) >= 11 is 0. The molecule has 1 spiro atoms. The molecule has 17 nitrogen and oxygen atoms in total. The van der Waals surface area contributed by atoms with Crippen molar-refractivity contribution in [3.8, 4) is 17.2 Å². The number of ketones is 1. The zero-order chi connectivity index (χ0) is 53.1. The lowest BCUT2D eigenvalue weighted by molar-refractivity contribution is -0.162. The number of hydrogen-bond donors (Lipinski definition) is 6. The van der Waals surface area contributed by atoms with Crippen LogP contribution in [0.3, 0.4) is 0 Å². The molecule has 10 rings (SSSR count). The minimum absolute atomic E-state index is 0.0362. The Morgan fingerprint density at radius 3 is 2.39 bits per heavy atom. The van der Waals surface area contributed by atoms with Crippen molar-refractivity contribution in [2.24, 2.45) is 39.6 Å². The van der Waals surface area contributed by atoms with E-state index >= 15 is 0 Å². The predicted octanol–water partition coefficient (Wildman–Crippen LogP) is 6.56. The molecule has 6 aliphatic heterocycles. The number of esters is 1. The second-order valence-electron chi connectivity index (χ2n) is 21.9. The van der Waals surface area contributed by atoms with Gasteiger partial charge in [0.2, 0.25) is 5.91 Å². The maximum absolute atomic E-state index is 14.9. The van der Waals surface area contributed by atoms with Gasteiger partial charge in [0.25, 0.3) is 11.7 Å². The molecule has 6 N–H and O–H groups in total. The summed E-state index contributed by atoms with van der Waals surface area (Å²) in [5.41, 5.74) is 2.47. The number of allylic oxidation sites excluding steroid dienone is 3. The van der Waals surface area contributed by atoms with Gasteiger partial charge in [-0.15, -0.1) is 0 Å². The van der Waals surface area contributed by atoms with Gasteiger partial charge in [0.15, 0.2) is 11.4 Å². The van der Waals surface area contributed by atoms with E-state index in [0.29, 0.717) is 51.4 Å². The first-order chi connectivity index (χ1) is 35.1. The summed E-state index contributed by atoms with van der Waals surface area (Å²) in [4.78, 5) is 74.3. The van der Waals surface area contributed by atoms with Crippen LogP contribution in [0.4, 0.5) is 5.69 Å². The van der Waals surface area contributed by atoms with Gasteiger partial charge in [-0.3, -0.25) is 29.2 Å². The van der Waals surface area contributed by atoms with Crippen LogP contribution >= 0.6 is 0 Å². The SMILES string of the molecule is C/C1=C/C=C/C(C)[C@H](O)[C@@H](C)C(O)[C@@H](C)C(OC(=O)CC(=O)N2CCc3[nH]c4ccccc4c3C2)[C@H](C)C/C=C/OC2(C)Oc3c(C)c(O)c4c(O)c(c5c(c4c3C2=O)=NC2(CCN(CC(C)C)CC2)N=5)NC1=O. The third-order valence-corrected chi connectivity index (χ3v) is 16.0. The zero-order valence-electron chi connectivity index (χ0n) is 43.8. The number of carbonyl (C=O) groups excluding carboxylic acids is 4. The molecule has 7 heterocycles. The smallest absolute Gasteiger partial charge is 0.315 e. The number of piperidine rings is 1. The number of phenols is 2. The van der Waals surface area contributed by atoms with Gasteiger partial charge in [0, 0.05) is 115 Å². The number of likely N-dealkylation sites (tertiary alicyclic amines) is 1. The first-order valence-corrected chi connectivity index (χ1v) is 26.0. The van der Waals surface area contributed by atoms with E-state index in [-0.39, 0.29) is 67.7 Å². The summed E-state index contributed by atoms with van der Waals surface area (Å²) in [6.45, 7) is 19.1. The number of benzene rings is 3. The lowest BCUT2D eigenvalue weighted by atomic mass is 9.79. The van der Waals surface area contributed by atoms with Crippen molar-refractivity contribution in [2.45, 2.75) is 131 Å². The highest BCUT2D eigenvalue weighted by Crippen LogP contribution is 2.50. The van der Waals surface area contributed by atoms with Gasteiger partial charge in [-0.1, -0.05) is 78.0 Å². The molecule has 0 radical (unpaired) electrons. The van der Waals surface area contributed by atoms with Crippen LogP contribution in [0.1, 0.15) is 108 Å². The average molecular weight is 1020 g/mol. The Morgan fingerprint density at radius 1 is 0.946 bits per heavy atom. The Labute approximate surface area is 430 Å². The number of phenolic OH excluding ortho intramolecular Hbond substituents is 2. The van der Waals surface area contributed by atoms with Gasteiger partial charge in [0.05, 0.1) is 34.8 Å².